The molecule has 7 nitrogen and oxygen atoms in total. The first-order valence-electron chi connectivity index (χ1n) is 5.44. The first-order chi connectivity index (χ1) is 8.47. The van der Waals surface area contributed by atoms with Gasteiger partial charge in [-0.05, 0) is 6.92 Å². The van der Waals surface area contributed by atoms with Gasteiger partial charge in [0.25, 0.3) is 5.56 Å². The smallest absolute Gasteiger partial charge is 1.00 e. The van der Waals surface area contributed by atoms with E-state index in [1.165, 1.54) is 17.9 Å². The number of hydrogen-bond donors (Lipinski definition) is 0. The van der Waals surface area contributed by atoms with Gasteiger partial charge in [-0.25, -0.2) is 9.78 Å². The van der Waals surface area contributed by atoms with Crippen LogP contribution in [0.5, 0.6) is 0 Å². The van der Waals surface area contributed by atoms with Gasteiger partial charge < -0.3 is 21.7 Å². The van der Waals surface area contributed by atoms with Gasteiger partial charge in [0.2, 0.25) is 0 Å². The molecule has 0 aliphatic rings. The van der Waals surface area contributed by atoms with E-state index in [4.69, 9.17) is 4.74 Å². The fourth-order valence-electron chi connectivity index (χ4n) is 1.83. The van der Waals surface area contributed by atoms with Crippen LogP contribution < -0.4 is 23.7 Å². The van der Waals surface area contributed by atoms with Gasteiger partial charge in [0.1, 0.15) is 0 Å². The summed E-state index contributed by atoms with van der Waals surface area (Å²) in [5.41, 5.74) is -0.0127. The summed E-state index contributed by atoms with van der Waals surface area (Å²) in [7, 11) is 4.57. The summed E-state index contributed by atoms with van der Waals surface area (Å²) in [6.07, 6.45) is 1.23. The summed E-state index contributed by atoms with van der Waals surface area (Å²) in [5, 5.41) is 0. The number of nitrogens with zero attached hydrogens (tertiary/aromatic N) is 4. The molecule has 1 unspecified atom stereocenters. The Morgan fingerprint density at radius 2 is 1.95 bits per heavy atom. The van der Waals surface area contributed by atoms with Crippen LogP contribution in [0.3, 0.4) is 0 Å². The maximum Gasteiger partial charge on any atom is 1.00 e. The van der Waals surface area contributed by atoms with Crippen molar-refractivity contribution >= 4 is 11.2 Å². The third-order valence-corrected chi connectivity index (χ3v) is 2.95. The molecular formula is C11H15ClHgN4O3. The summed E-state index contributed by atoms with van der Waals surface area (Å²) in [5.74, 6) is 0. The largest absolute Gasteiger partial charge is 1.00 e. The Balaban J connectivity index is 0.00000180. The second kappa shape index (κ2) is 7.37. The molecular weight excluding hydrogens is 472 g/mol. The van der Waals surface area contributed by atoms with Crippen LogP contribution in [0, 0.1) is 6.92 Å². The zero-order chi connectivity index (χ0) is 13.4. The molecule has 0 spiro atoms. The van der Waals surface area contributed by atoms with Crippen molar-refractivity contribution in [2.75, 3.05) is 7.11 Å². The normalized spacial score (nSPS) is 11.8. The Labute approximate surface area is 142 Å². The number of halogens is 1. The number of rotatable bonds is 3. The maximum absolute atomic E-state index is 12.1. The molecule has 20 heavy (non-hydrogen) atoms. The Hall–Kier alpha value is -0.665. The van der Waals surface area contributed by atoms with Crippen molar-refractivity contribution < 1.29 is 44.8 Å². The third-order valence-electron chi connectivity index (χ3n) is 2.95. The summed E-state index contributed by atoms with van der Waals surface area (Å²) in [4.78, 5) is 27.9. The fourth-order valence-corrected chi connectivity index (χ4v) is 1.83. The zero-order valence-electron chi connectivity index (χ0n) is 11.7. The molecule has 0 amide bonds. The molecule has 0 aliphatic carbocycles. The molecule has 0 saturated carbocycles. The van der Waals surface area contributed by atoms with E-state index in [2.05, 4.69) is 11.9 Å². The summed E-state index contributed by atoms with van der Waals surface area (Å²) < 4.78 is 9.12. The van der Waals surface area contributed by atoms with Crippen LogP contribution in [0.4, 0.5) is 0 Å². The van der Waals surface area contributed by atoms with Crippen molar-refractivity contribution in [1.29, 1.82) is 0 Å². The molecule has 2 rings (SSSR count). The monoisotopic (exact) mass is 488 g/mol. The van der Waals surface area contributed by atoms with Crippen molar-refractivity contribution in [1.82, 2.24) is 18.7 Å². The number of methoxy groups -OCH3 is 1. The number of aryl methyl sites for hydroxylation is 1. The average molecular weight is 487 g/mol. The minimum absolute atomic E-state index is 0. The molecule has 106 valence electrons. The van der Waals surface area contributed by atoms with E-state index >= 15 is 0 Å². The SMILES string of the molecule is [CH2]C(Cn1cnc2c1c(=O)n(C)c(=O)n2C)OC.[Cl-].[Hg+]. The van der Waals surface area contributed by atoms with Gasteiger partial charge in [-0.2, -0.15) is 0 Å². The molecule has 0 fully saturated rings. The first kappa shape index (κ1) is 19.3. The van der Waals surface area contributed by atoms with Crippen molar-refractivity contribution in [3.63, 3.8) is 0 Å². The van der Waals surface area contributed by atoms with E-state index < -0.39 is 5.69 Å². The number of fused-ring (bicyclic) bond motifs is 1. The van der Waals surface area contributed by atoms with E-state index in [0.717, 1.165) is 4.57 Å². The van der Waals surface area contributed by atoms with Crippen LogP contribution in [-0.2, 0) is 53.0 Å². The van der Waals surface area contributed by atoms with Crippen molar-refractivity contribution in [3.8, 4) is 0 Å². The van der Waals surface area contributed by atoms with Crippen molar-refractivity contribution in [2.45, 2.75) is 12.6 Å². The molecule has 9 heteroatoms. The molecule has 0 aromatic carbocycles. The predicted molar refractivity (Wildman–Crippen MR) is 66.4 cm³/mol. The topological polar surface area (TPSA) is 71.0 Å². The summed E-state index contributed by atoms with van der Waals surface area (Å²) in [6.45, 7) is 4.19. The second-order valence-electron chi connectivity index (χ2n) is 4.13. The molecule has 1 atom stereocenters. The summed E-state index contributed by atoms with van der Waals surface area (Å²) >= 11 is 0. The molecule has 2 aromatic rings. The van der Waals surface area contributed by atoms with Crippen LogP contribution in [0.1, 0.15) is 0 Å². The Morgan fingerprint density at radius 3 is 2.50 bits per heavy atom. The van der Waals surface area contributed by atoms with Gasteiger partial charge in [0, 0.05) is 21.2 Å². The van der Waals surface area contributed by atoms with Crippen LogP contribution in [0.25, 0.3) is 11.2 Å². The zero-order valence-corrected chi connectivity index (χ0v) is 17.9. The number of aromatic nitrogens is 4. The Kier molecular flexibility index (Phi) is 7.13. The third kappa shape index (κ3) is 3.15. The molecule has 2 heterocycles. The maximum atomic E-state index is 12.1. The molecule has 2 aromatic heterocycles. The molecule has 0 aliphatic heterocycles. The van der Waals surface area contributed by atoms with Gasteiger partial charge in [0.15, 0.2) is 11.2 Å². The molecule has 0 N–H and O–H groups in total. The van der Waals surface area contributed by atoms with E-state index in [1.54, 1.807) is 18.7 Å². The minimum Gasteiger partial charge on any atom is -1.00 e. The Morgan fingerprint density at radius 1 is 1.35 bits per heavy atom. The molecule has 0 bridgehead atoms. The van der Waals surface area contributed by atoms with Gasteiger partial charge >= 0.3 is 33.4 Å². The van der Waals surface area contributed by atoms with Gasteiger partial charge in [0.05, 0.1) is 19.0 Å². The van der Waals surface area contributed by atoms with Crippen molar-refractivity contribution in [2.24, 2.45) is 14.1 Å². The Bertz CT molecular complexity index is 706. The van der Waals surface area contributed by atoms with E-state index in [0.29, 0.717) is 17.7 Å². The van der Waals surface area contributed by atoms with Crippen LogP contribution >= 0.6 is 0 Å². The van der Waals surface area contributed by atoms with Gasteiger partial charge in [-0.1, -0.05) is 0 Å². The van der Waals surface area contributed by atoms with Crippen molar-refractivity contribution in [3.05, 3.63) is 34.1 Å². The number of ether oxygens (including phenoxy) is 1. The molecule has 0 saturated heterocycles. The average Bonchev–Trinajstić information content (AvgIpc) is 2.77. The second-order valence-corrected chi connectivity index (χ2v) is 4.13. The van der Waals surface area contributed by atoms with Crippen LogP contribution in [0.2, 0.25) is 0 Å². The number of imidazole rings is 1. The van der Waals surface area contributed by atoms with Gasteiger partial charge in [-0.15, -0.1) is 0 Å². The predicted octanol–water partition coefficient (Wildman–Crippen LogP) is -3.72. The van der Waals surface area contributed by atoms with Crippen LogP contribution in [-0.4, -0.2) is 31.9 Å². The van der Waals surface area contributed by atoms with Crippen LogP contribution in [0.15, 0.2) is 15.9 Å². The minimum atomic E-state index is -0.393. The number of hydrogen-bond acceptors (Lipinski definition) is 4. The quantitative estimate of drug-likeness (QED) is 0.418. The molecule has 2 radical (unpaired) electrons. The van der Waals surface area contributed by atoms with E-state index in [1.807, 2.05) is 0 Å². The fraction of sp³-hybridized carbons (Fsp3) is 0.455. The first-order valence-corrected chi connectivity index (χ1v) is 5.44. The summed E-state index contributed by atoms with van der Waals surface area (Å²) in [6, 6.07) is 0. The van der Waals surface area contributed by atoms with E-state index in [-0.39, 0.29) is 51.7 Å². The standard InChI is InChI=1S/C11H15N4O3.ClH.Hg/c1-7(18-4)5-15-6-12-9-8(15)10(16)14(3)11(17)13(9)2;;/h6-7H,1,5H2,2-4H3;1H;/q;;+1/p-1. The van der Waals surface area contributed by atoms with Gasteiger partial charge in [-0.3, -0.25) is 13.9 Å². The van der Waals surface area contributed by atoms with E-state index in [9.17, 15) is 9.59 Å².